The number of carboxylic acids is 1. The summed E-state index contributed by atoms with van der Waals surface area (Å²) >= 11 is 0. The van der Waals surface area contributed by atoms with Crippen LogP contribution in [0.5, 0.6) is 0 Å². The Hall–Kier alpha value is -1.26. The first-order valence-electron chi connectivity index (χ1n) is 8.35. The standard InChI is InChI=1S/C16H28N2O3/c1-12-5-4-6-13(11-12)8-9-17-16(21)18-10-3-2-7-14(18)15(19)20/h12-14H,2-11H2,1H3,(H,17,21)(H,19,20). The number of carbonyl (C=O) groups is 2. The average molecular weight is 296 g/mol. The second kappa shape index (κ2) is 7.66. The third kappa shape index (κ3) is 4.61. The molecule has 21 heavy (non-hydrogen) atoms. The number of hydrogen-bond donors (Lipinski definition) is 2. The molecular weight excluding hydrogens is 268 g/mol. The van der Waals surface area contributed by atoms with Gasteiger partial charge in [0.1, 0.15) is 6.04 Å². The topological polar surface area (TPSA) is 69.6 Å². The van der Waals surface area contributed by atoms with Crippen molar-refractivity contribution in [2.75, 3.05) is 13.1 Å². The van der Waals surface area contributed by atoms with Crippen LogP contribution in [0.1, 0.15) is 58.3 Å². The van der Waals surface area contributed by atoms with Gasteiger partial charge in [0.05, 0.1) is 0 Å². The molecule has 0 spiro atoms. The van der Waals surface area contributed by atoms with Gasteiger partial charge in [-0.1, -0.05) is 26.2 Å². The molecule has 0 aromatic rings. The van der Waals surface area contributed by atoms with Gasteiger partial charge in [-0.2, -0.15) is 0 Å². The zero-order chi connectivity index (χ0) is 15.2. The van der Waals surface area contributed by atoms with Crippen LogP contribution >= 0.6 is 0 Å². The highest BCUT2D eigenvalue weighted by Gasteiger charge is 2.31. The number of urea groups is 1. The molecule has 2 rings (SSSR count). The Labute approximate surface area is 127 Å². The molecule has 1 saturated carbocycles. The Kier molecular flexibility index (Phi) is 5.88. The molecule has 5 nitrogen and oxygen atoms in total. The van der Waals surface area contributed by atoms with Crippen molar-refractivity contribution in [3.05, 3.63) is 0 Å². The Morgan fingerprint density at radius 1 is 1.19 bits per heavy atom. The monoisotopic (exact) mass is 296 g/mol. The van der Waals surface area contributed by atoms with Gasteiger partial charge in [-0.05, 0) is 43.9 Å². The van der Waals surface area contributed by atoms with Gasteiger partial charge in [-0.3, -0.25) is 0 Å². The van der Waals surface area contributed by atoms with E-state index in [1.54, 1.807) is 0 Å². The molecule has 1 heterocycles. The molecule has 5 heteroatoms. The van der Waals surface area contributed by atoms with Crippen molar-refractivity contribution in [1.29, 1.82) is 0 Å². The van der Waals surface area contributed by atoms with Crippen LogP contribution in [0.2, 0.25) is 0 Å². The molecule has 0 bridgehead atoms. The summed E-state index contributed by atoms with van der Waals surface area (Å²) < 4.78 is 0. The molecular formula is C16H28N2O3. The van der Waals surface area contributed by atoms with Crippen LogP contribution in [-0.2, 0) is 4.79 Å². The fraction of sp³-hybridized carbons (Fsp3) is 0.875. The van der Waals surface area contributed by atoms with E-state index >= 15 is 0 Å². The fourth-order valence-electron chi connectivity index (χ4n) is 3.74. The van der Waals surface area contributed by atoms with E-state index < -0.39 is 12.0 Å². The van der Waals surface area contributed by atoms with E-state index in [0.717, 1.165) is 25.2 Å². The summed E-state index contributed by atoms with van der Waals surface area (Å²) in [6.07, 6.45) is 8.53. The number of rotatable bonds is 4. The lowest BCUT2D eigenvalue weighted by Gasteiger charge is -2.33. The van der Waals surface area contributed by atoms with Crippen molar-refractivity contribution >= 4 is 12.0 Å². The molecule has 1 aliphatic carbocycles. The van der Waals surface area contributed by atoms with Crippen molar-refractivity contribution < 1.29 is 14.7 Å². The first-order valence-corrected chi connectivity index (χ1v) is 8.35. The summed E-state index contributed by atoms with van der Waals surface area (Å²) in [5.41, 5.74) is 0. The normalized spacial score (nSPS) is 30.0. The molecule has 1 saturated heterocycles. The molecule has 2 fully saturated rings. The third-order valence-corrected chi connectivity index (χ3v) is 4.92. The first-order chi connectivity index (χ1) is 10.1. The van der Waals surface area contributed by atoms with Crippen molar-refractivity contribution in [3.8, 4) is 0 Å². The highest BCUT2D eigenvalue weighted by atomic mass is 16.4. The number of nitrogens with zero attached hydrogens (tertiary/aromatic N) is 1. The third-order valence-electron chi connectivity index (χ3n) is 4.92. The van der Waals surface area contributed by atoms with E-state index in [2.05, 4.69) is 12.2 Å². The molecule has 3 atom stereocenters. The summed E-state index contributed by atoms with van der Waals surface area (Å²) in [5.74, 6) is 0.634. The Morgan fingerprint density at radius 2 is 2.00 bits per heavy atom. The molecule has 2 aliphatic rings. The Balaban J connectivity index is 1.74. The molecule has 3 unspecified atom stereocenters. The number of likely N-dealkylation sites (tertiary alicyclic amines) is 1. The van der Waals surface area contributed by atoms with E-state index in [9.17, 15) is 14.7 Å². The summed E-state index contributed by atoms with van der Waals surface area (Å²) in [7, 11) is 0. The van der Waals surface area contributed by atoms with Gasteiger partial charge in [0.2, 0.25) is 0 Å². The quantitative estimate of drug-likeness (QED) is 0.838. The highest BCUT2D eigenvalue weighted by molar-refractivity contribution is 5.82. The SMILES string of the molecule is CC1CCCC(CCNC(=O)N2CCCCC2C(=O)O)C1. The number of piperidine rings is 1. The highest BCUT2D eigenvalue weighted by Crippen LogP contribution is 2.30. The van der Waals surface area contributed by atoms with Crippen molar-refractivity contribution in [3.63, 3.8) is 0 Å². The first kappa shape index (κ1) is 16.1. The molecule has 120 valence electrons. The number of aliphatic carboxylic acids is 1. The summed E-state index contributed by atoms with van der Waals surface area (Å²) in [6, 6.07) is -0.848. The zero-order valence-corrected chi connectivity index (χ0v) is 13.0. The molecule has 2 amide bonds. The van der Waals surface area contributed by atoms with Crippen molar-refractivity contribution in [2.45, 2.75) is 64.3 Å². The molecule has 1 aliphatic heterocycles. The van der Waals surface area contributed by atoms with Crippen LogP contribution in [0.15, 0.2) is 0 Å². The maximum Gasteiger partial charge on any atom is 0.326 e. The van der Waals surface area contributed by atoms with Gasteiger partial charge in [0.15, 0.2) is 0 Å². The van der Waals surface area contributed by atoms with Crippen LogP contribution in [0.4, 0.5) is 4.79 Å². The number of carbonyl (C=O) groups excluding carboxylic acids is 1. The predicted octanol–water partition coefficient (Wildman–Crippen LogP) is 2.85. The predicted molar refractivity (Wildman–Crippen MR) is 81.1 cm³/mol. The Morgan fingerprint density at radius 3 is 2.71 bits per heavy atom. The van der Waals surface area contributed by atoms with Crippen molar-refractivity contribution in [1.82, 2.24) is 10.2 Å². The van der Waals surface area contributed by atoms with Crippen molar-refractivity contribution in [2.24, 2.45) is 11.8 Å². The van der Waals surface area contributed by atoms with Gasteiger partial charge >= 0.3 is 12.0 Å². The lowest BCUT2D eigenvalue weighted by atomic mass is 9.81. The number of hydrogen-bond acceptors (Lipinski definition) is 2. The number of amides is 2. The van der Waals surface area contributed by atoms with E-state index in [1.165, 1.54) is 30.6 Å². The largest absolute Gasteiger partial charge is 0.480 e. The summed E-state index contributed by atoms with van der Waals surface area (Å²) in [5, 5.41) is 12.1. The number of nitrogens with one attached hydrogen (secondary N) is 1. The van der Waals surface area contributed by atoms with Gasteiger partial charge in [-0.25, -0.2) is 9.59 Å². The fourth-order valence-corrected chi connectivity index (χ4v) is 3.74. The second-order valence-electron chi connectivity index (χ2n) is 6.70. The van der Waals surface area contributed by atoms with E-state index in [4.69, 9.17) is 0 Å². The lowest BCUT2D eigenvalue weighted by Crippen LogP contribution is -2.52. The average Bonchev–Trinajstić information content (AvgIpc) is 2.47. The van der Waals surface area contributed by atoms with Crippen LogP contribution < -0.4 is 5.32 Å². The summed E-state index contributed by atoms with van der Waals surface area (Å²) in [4.78, 5) is 24.9. The minimum atomic E-state index is -0.883. The second-order valence-corrected chi connectivity index (χ2v) is 6.70. The van der Waals surface area contributed by atoms with Gasteiger partial charge in [0, 0.05) is 13.1 Å². The van der Waals surface area contributed by atoms with E-state index in [1.807, 2.05) is 0 Å². The molecule has 0 radical (unpaired) electrons. The minimum Gasteiger partial charge on any atom is -0.480 e. The molecule has 2 N–H and O–H groups in total. The van der Waals surface area contributed by atoms with Gasteiger partial charge < -0.3 is 15.3 Å². The maximum absolute atomic E-state index is 12.2. The lowest BCUT2D eigenvalue weighted by molar-refractivity contribution is -0.143. The van der Waals surface area contributed by atoms with Gasteiger partial charge in [-0.15, -0.1) is 0 Å². The van der Waals surface area contributed by atoms with Crippen LogP contribution in [0.3, 0.4) is 0 Å². The smallest absolute Gasteiger partial charge is 0.326 e. The van der Waals surface area contributed by atoms with Crippen LogP contribution in [0, 0.1) is 11.8 Å². The van der Waals surface area contributed by atoms with Crippen LogP contribution in [-0.4, -0.2) is 41.1 Å². The summed E-state index contributed by atoms with van der Waals surface area (Å²) in [6.45, 7) is 3.53. The van der Waals surface area contributed by atoms with E-state index in [0.29, 0.717) is 25.4 Å². The minimum absolute atomic E-state index is 0.203. The van der Waals surface area contributed by atoms with Crippen LogP contribution in [0.25, 0.3) is 0 Å². The number of carboxylic acid groups (broad SMARTS) is 1. The Bertz CT molecular complexity index is 373. The molecule has 0 aromatic heterocycles. The maximum atomic E-state index is 12.2. The van der Waals surface area contributed by atoms with Gasteiger partial charge in [0.25, 0.3) is 0 Å². The van der Waals surface area contributed by atoms with E-state index in [-0.39, 0.29) is 6.03 Å². The zero-order valence-electron chi connectivity index (χ0n) is 13.0. The molecule has 0 aromatic carbocycles.